The number of hydrogen-bond acceptors (Lipinski definition) is 8. The van der Waals surface area contributed by atoms with Crippen LogP contribution in [-0.2, 0) is 11.4 Å². The number of methoxy groups -OCH3 is 1. The van der Waals surface area contributed by atoms with Crippen LogP contribution >= 0.6 is 11.8 Å². The Balaban J connectivity index is 0.000000230. The first kappa shape index (κ1) is 30.7. The van der Waals surface area contributed by atoms with E-state index in [-0.39, 0.29) is 11.2 Å². The molecule has 0 fully saturated rings. The maximum Gasteiger partial charge on any atom is 0.159 e. The molecule has 0 aliphatic carbocycles. The number of ether oxygens (including phenoxy) is 2. The van der Waals surface area contributed by atoms with E-state index in [0.29, 0.717) is 18.1 Å². The molecule has 0 radical (unpaired) electrons. The second-order valence-corrected chi connectivity index (χ2v) is 11.1. The van der Waals surface area contributed by atoms with Gasteiger partial charge in [0.1, 0.15) is 18.1 Å². The number of benzene rings is 3. The van der Waals surface area contributed by atoms with Gasteiger partial charge in [0.15, 0.2) is 11.4 Å². The van der Waals surface area contributed by atoms with E-state index in [4.69, 9.17) is 14.3 Å². The van der Waals surface area contributed by atoms with Crippen molar-refractivity contribution in [3.8, 4) is 22.6 Å². The number of nitroso groups, excluding NO2 is 1. The highest BCUT2D eigenvalue weighted by Crippen LogP contribution is 2.53. The average Bonchev–Trinajstić information content (AvgIpc) is 2.99. The first-order valence-electron chi connectivity index (χ1n) is 13.7. The molecule has 0 amide bonds. The standard InChI is InChI=1S/C22H22N2O3.C12H15NOS/c1-6-16-19-13(7-8-14-18(19)12(2)11-22(3,4)23-14)20-17(27-16)10-9-15(24-25)21(20)26-5;1-15-10-6-5-9-13-14-11-12-7-3-2-4-8-12/h6-11,23H,1-5H3;2-4,6-10H,5,11H2,1H3/b16-6-;10-6-,13-9+. The summed E-state index contributed by atoms with van der Waals surface area (Å²) in [5.41, 5.74) is 7.36. The minimum absolute atomic E-state index is 0.124. The largest absolute Gasteiger partial charge is 0.494 e. The van der Waals surface area contributed by atoms with Crippen molar-refractivity contribution >= 4 is 40.7 Å². The molecule has 8 heteroatoms. The molecule has 0 atom stereocenters. The summed E-state index contributed by atoms with van der Waals surface area (Å²) >= 11 is 1.68. The van der Waals surface area contributed by atoms with Crippen LogP contribution in [0.25, 0.3) is 22.5 Å². The fourth-order valence-electron chi connectivity index (χ4n) is 5.12. The minimum Gasteiger partial charge on any atom is -0.494 e. The van der Waals surface area contributed by atoms with E-state index in [1.807, 2.05) is 61.1 Å². The molecule has 0 aromatic heterocycles. The fraction of sp³-hybridized carbons (Fsp3) is 0.265. The van der Waals surface area contributed by atoms with Gasteiger partial charge in [-0.15, -0.1) is 16.7 Å². The minimum atomic E-state index is -0.124. The smallest absolute Gasteiger partial charge is 0.159 e. The van der Waals surface area contributed by atoms with Crippen molar-refractivity contribution in [3.63, 3.8) is 0 Å². The van der Waals surface area contributed by atoms with Crippen LogP contribution < -0.4 is 14.8 Å². The van der Waals surface area contributed by atoms with Crippen molar-refractivity contribution in [2.45, 2.75) is 46.3 Å². The van der Waals surface area contributed by atoms with Gasteiger partial charge in [-0.1, -0.05) is 53.7 Å². The molecule has 5 rings (SSSR count). The van der Waals surface area contributed by atoms with Gasteiger partial charge >= 0.3 is 0 Å². The summed E-state index contributed by atoms with van der Waals surface area (Å²) in [5, 5.41) is 12.6. The van der Waals surface area contributed by atoms with Gasteiger partial charge in [0, 0.05) is 35.0 Å². The third-order valence-corrected chi connectivity index (χ3v) is 7.19. The maximum absolute atomic E-state index is 11.3. The van der Waals surface area contributed by atoms with Crippen LogP contribution in [-0.4, -0.2) is 25.1 Å². The molecule has 218 valence electrons. The Hall–Kier alpha value is -4.30. The highest BCUT2D eigenvalue weighted by Gasteiger charge is 2.33. The van der Waals surface area contributed by atoms with E-state index in [1.165, 1.54) is 5.57 Å². The Bertz CT molecular complexity index is 1540. The zero-order valence-electron chi connectivity index (χ0n) is 24.9. The summed E-state index contributed by atoms with van der Waals surface area (Å²) < 4.78 is 11.7. The summed E-state index contributed by atoms with van der Waals surface area (Å²) in [6.07, 6.45) is 10.8. The zero-order valence-corrected chi connectivity index (χ0v) is 25.7. The number of thioether (sulfide) groups is 1. The summed E-state index contributed by atoms with van der Waals surface area (Å²) in [6, 6.07) is 17.5. The van der Waals surface area contributed by atoms with Gasteiger partial charge in [-0.3, -0.25) is 0 Å². The summed E-state index contributed by atoms with van der Waals surface area (Å²) in [5.74, 6) is 1.88. The molecular formula is C34H37N3O4S. The second kappa shape index (κ2) is 14.0. The number of hydrogen-bond donors (Lipinski definition) is 1. The van der Waals surface area contributed by atoms with E-state index in [2.05, 4.69) is 54.6 Å². The number of allylic oxidation sites excluding steroid dienone is 3. The Morgan fingerprint density at radius 2 is 1.83 bits per heavy atom. The molecule has 2 aliphatic rings. The first-order chi connectivity index (χ1) is 20.3. The molecule has 3 aromatic rings. The summed E-state index contributed by atoms with van der Waals surface area (Å²) in [4.78, 5) is 16.4. The predicted molar refractivity (Wildman–Crippen MR) is 177 cm³/mol. The van der Waals surface area contributed by atoms with Crippen molar-refractivity contribution in [2.75, 3.05) is 18.7 Å². The third-order valence-electron chi connectivity index (χ3n) is 6.73. The quantitative estimate of drug-likeness (QED) is 0.162. The highest BCUT2D eigenvalue weighted by molar-refractivity contribution is 8.01. The van der Waals surface area contributed by atoms with Crippen LogP contribution in [0, 0.1) is 4.91 Å². The maximum atomic E-state index is 11.3. The average molecular weight is 584 g/mol. The number of fused-ring (bicyclic) bond motifs is 5. The Morgan fingerprint density at radius 3 is 2.52 bits per heavy atom. The van der Waals surface area contributed by atoms with Crippen LogP contribution in [0.3, 0.4) is 0 Å². The third kappa shape index (κ3) is 6.94. The van der Waals surface area contributed by atoms with Gasteiger partial charge in [0.25, 0.3) is 0 Å². The number of oxime groups is 1. The fourth-order valence-corrected chi connectivity index (χ4v) is 5.42. The lowest BCUT2D eigenvalue weighted by Crippen LogP contribution is -2.32. The van der Waals surface area contributed by atoms with Gasteiger partial charge in [0.2, 0.25) is 0 Å². The lowest BCUT2D eigenvalue weighted by atomic mass is 9.83. The number of nitrogens with zero attached hydrogens (tertiary/aromatic N) is 2. The van der Waals surface area contributed by atoms with Crippen LogP contribution in [0.2, 0.25) is 0 Å². The predicted octanol–water partition coefficient (Wildman–Crippen LogP) is 9.58. The molecule has 0 bridgehead atoms. The second-order valence-electron chi connectivity index (χ2n) is 10.3. The van der Waals surface area contributed by atoms with Crippen molar-refractivity contribution in [2.24, 2.45) is 10.3 Å². The normalized spacial score (nSPS) is 15.4. The highest BCUT2D eigenvalue weighted by atomic mass is 32.2. The van der Waals surface area contributed by atoms with E-state index in [9.17, 15) is 4.91 Å². The van der Waals surface area contributed by atoms with Gasteiger partial charge in [-0.05, 0) is 79.9 Å². The molecular weight excluding hydrogens is 546 g/mol. The Labute approximate surface area is 252 Å². The lowest BCUT2D eigenvalue weighted by Gasteiger charge is -2.35. The van der Waals surface area contributed by atoms with E-state index >= 15 is 0 Å². The number of rotatable bonds is 8. The van der Waals surface area contributed by atoms with Gasteiger partial charge in [0.05, 0.1) is 18.2 Å². The van der Waals surface area contributed by atoms with Gasteiger partial charge in [-0.25, -0.2) is 0 Å². The molecule has 1 N–H and O–H groups in total. The Morgan fingerprint density at radius 1 is 1.05 bits per heavy atom. The molecule has 0 spiro atoms. The van der Waals surface area contributed by atoms with Crippen LogP contribution in [0.1, 0.15) is 50.8 Å². The molecule has 2 aliphatic heterocycles. The van der Waals surface area contributed by atoms with E-state index in [0.717, 1.165) is 45.7 Å². The molecule has 0 saturated heterocycles. The molecule has 2 heterocycles. The first-order valence-corrected chi connectivity index (χ1v) is 15.0. The lowest BCUT2D eigenvalue weighted by molar-refractivity contribution is 0.131. The monoisotopic (exact) mass is 583 g/mol. The SMILES string of the molecule is C/C=C1\Oc2ccc(N=O)c(OC)c2-c2ccc3c(c21)C(C)=CC(C)(C)N3.CS/C=C\C/C=N/OCc1ccccc1. The van der Waals surface area contributed by atoms with Crippen molar-refractivity contribution < 1.29 is 14.3 Å². The van der Waals surface area contributed by atoms with Crippen LogP contribution in [0.4, 0.5) is 11.4 Å². The van der Waals surface area contributed by atoms with E-state index in [1.54, 1.807) is 37.2 Å². The number of nitrogens with one attached hydrogen (secondary N) is 1. The molecule has 0 unspecified atom stereocenters. The van der Waals surface area contributed by atoms with Crippen LogP contribution in [0.15, 0.2) is 88.6 Å². The molecule has 42 heavy (non-hydrogen) atoms. The molecule has 7 nitrogen and oxygen atoms in total. The van der Waals surface area contributed by atoms with Gasteiger partial charge < -0.3 is 19.6 Å². The van der Waals surface area contributed by atoms with Crippen molar-refractivity contribution in [3.05, 3.63) is 99.8 Å². The topological polar surface area (TPSA) is 81.5 Å². The molecule has 0 saturated carbocycles. The van der Waals surface area contributed by atoms with E-state index < -0.39 is 0 Å². The summed E-state index contributed by atoms with van der Waals surface area (Å²) in [7, 11) is 1.54. The molecule has 3 aromatic carbocycles. The van der Waals surface area contributed by atoms with Gasteiger partial charge in [-0.2, -0.15) is 0 Å². The van der Waals surface area contributed by atoms with Crippen molar-refractivity contribution in [1.29, 1.82) is 0 Å². The van der Waals surface area contributed by atoms with Crippen molar-refractivity contribution in [1.82, 2.24) is 0 Å². The Kier molecular flexibility index (Phi) is 10.3. The number of anilines is 1. The van der Waals surface area contributed by atoms with Crippen LogP contribution in [0.5, 0.6) is 11.5 Å². The zero-order chi connectivity index (χ0) is 30.1. The summed E-state index contributed by atoms with van der Waals surface area (Å²) in [6.45, 7) is 8.90.